The summed E-state index contributed by atoms with van der Waals surface area (Å²) in [6, 6.07) is 17.1. The number of benzene rings is 2. The van der Waals surface area contributed by atoms with E-state index >= 15 is 0 Å². The van der Waals surface area contributed by atoms with Crippen LogP contribution in [0.2, 0.25) is 5.02 Å². The van der Waals surface area contributed by atoms with Gasteiger partial charge in [0.05, 0.1) is 21.9 Å². The molecule has 1 aliphatic heterocycles. The molecule has 1 aliphatic rings. The van der Waals surface area contributed by atoms with Gasteiger partial charge in [-0.1, -0.05) is 48.0 Å². The molecule has 5 rings (SSSR count). The molecule has 2 atom stereocenters. The number of nitrogens with one attached hydrogen (secondary N) is 2. The van der Waals surface area contributed by atoms with Crippen molar-refractivity contribution in [2.45, 2.75) is 12.6 Å². The number of hydrogen-bond donors (Lipinski definition) is 4. The van der Waals surface area contributed by atoms with Crippen molar-refractivity contribution >= 4 is 40.0 Å². The van der Waals surface area contributed by atoms with Gasteiger partial charge in [0.1, 0.15) is 6.23 Å². The number of hydrogen-bond acceptors (Lipinski definition) is 7. The van der Waals surface area contributed by atoms with E-state index in [4.69, 9.17) is 22.3 Å². The Labute approximate surface area is 194 Å². The molecule has 8 nitrogen and oxygen atoms in total. The Hall–Kier alpha value is -3.75. The van der Waals surface area contributed by atoms with Crippen molar-refractivity contribution in [1.29, 1.82) is 0 Å². The first-order valence-electron chi connectivity index (χ1n) is 10.5. The third-order valence-electron chi connectivity index (χ3n) is 5.64. The van der Waals surface area contributed by atoms with Gasteiger partial charge in [0.15, 0.2) is 11.6 Å². The summed E-state index contributed by atoms with van der Waals surface area (Å²) >= 11 is 6.54. The second kappa shape index (κ2) is 8.65. The quantitative estimate of drug-likeness (QED) is 0.336. The average molecular weight is 461 g/mol. The van der Waals surface area contributed by atoms with Gasteiger partial charge in [0, 0.05) is 41.6 Å². The molecule has 33 heavy (non-hydrogen) atoms. The van der Waals surface area contributed by atoms with Gasteiger partial charge < -0.3 is 21.5 Å². The van der Waals surface area contributed by atoms with Gasteiger partial charge in [-0.05, 0) is 18.2 Å². The van der Waals surface area contributed by atoms with Crippen molar-refractivity contribution in [1.82, 2.24) is 20.3 Å². The summed E-state index contributed by atoms with van der Waals surface area (Å²) in [4.78, 5) is 25.3. The van der Waals surface area contributed by atoms with Gasteiger partial charge in [-0.15, -0.1) is 0 Å². The summed E-state index contributed by atoms with van der Waals surface area (Å²) in [5.74, 6) is -0.0157. The van der Waals surface area contributed by atoms with E-state index in [0.29, 0.717) is 28.5 Å². The number of halogens is 1. The molecule has 1 amide bonds. The predicted molar refractivity (Wildman–Crippen MR) is 128 cm³/mol. The second-order valence-corrected chi connectivity index (χ2v) is 8.32. The minimum Gasteiger partial charge on any atom is -0.381 e. The van der Waals surface area contributed by atoms with Gasteiger partial charge in [-0.3, -0.25) is 9.78 Å². The first-order valence-corrected chi connectivity index (χ1v) is 10.9. The van der Waals surface area contributed by atoms with Crippen molar-refractivity contribution in [3.05, 3.63) is 65.8 Å². The molecular weight excluding hydrogens is 440 g/mol. The lowest BCUT2D eigenvalue weighted by Crippen LogP contribution is -2.31. The van der Waals surface area contributed by atoms with Gasteiger partial charge >= 0.3 is 0 Å². The molecule has 3 heterocycles. The highest BCUT2D eigenvalue weighted by Gasteiger charge is 2.29. The summed E-state index contributed by atoms with van der Waals surface area (Å²) in [7, 11) is 0. The standard InChI is InChI=1S/C24H21ClN6O2/c25-17-10-15(9-14-7-4-8-27-19(14)17)21-20(13-5-2-1-3-6-13)29-22(26)23(30-21)31-24(33)16-11-18(32)28-12-16/h1-10,16,24,33H,11-12H2,(H2,26,29)(H,28,32)(H,30,31). The van der Waals surface area contributed by atoms with E-state index in [1.165, 1.54) is 0 Å². The van der Waals surface area contributed by atoms with E-state index in [0.717, 1.165) is 16.5 Å². The number of carbonyl (C=O) groups excluding carboxylic acids is 1. The van der Waals surface area contributed by atoms with Crippen molar-refractivity contribution in [2.24, 2.45) is 5.92 Å². The summed E-state index contributed by atoms with van der Waals surface area (Å²) in [5, 5.41) is 17.6. The number of carbonyl (C=O) groups is 1. The number of amides is 1. The van der Waals surface area contributed by atoms with Crippen LogP contribution < -0.4 is 16.4 Å². The van der Waals surface area contributed by atoms with Crippen LogP contribution in [0.25, 0.3) is 33.4 Å². The van der Waals surface area contributed by atoms with Gasteiger partial charge in [0.2, 0.25) is 5.91 Å². The maximum atomic E-state index is 11.5. The SMILES string of the molecule is Nc1nc(-c2ccccc2)c(-c2cc(Cl)c3ncccc3c2)nc1NC(O)C1CNC(=O)C1. The average Bonchev–Trinajstić information content (AvgIpc) is 3.27. The lowest BCUT2D eigenvalue weighted by Gasteiger charge is -2.20. The Morgan fingerprint density at radius 3 is 2.64 bits per heavy atom. The smallest absolute Gasteiger partial charge is 0.220 e. The molecule has 0 bridgehead atoms. The summed E-state index contributed by atoms with van der Waals surface area (Å²) in [6.07, 6.45) is 0.905. The first kappa shape index (κ1) is 21.1. The lowest BCUT2D eigenvalue weighted by atomic mass is 10.0. The van der Waals surface area contributed by atoms with Crippen molar-refractivity contribution < 1.29 is 9.90 Å². The Kier molecular flexibility index (Phi) is 5.53. The van der Waals surface area contributed by atoms with E-state index in [2.05, 4.69) is 20.6 Å². The maximum absolute atomic E-state index is 11.5. The van der Waals surface area contributed by atoms with Gasteiger partial charge in [-0.2, -0.15) is 0 Å². The van der Waals surface area contributed by atoms with E-state index in [1.54, 1.807) is 12.3 Å². The van der Waals surface area contributed by atoms with E-state index < -0.39 is 6.23 Å². The number of fused-ring (bicyclic) bond motifs is 1. The molecule has 0 radical (unpaired) electrons. The van der Waals surface area contributed by atoms with E-state index in [-0.39, 0.29) is 29.9 Å². The third kappa shape index (κ3) is 4.18. The van der Waals surface area contributed by atoms with E-state index in [1.807, 2.05) is 48.5 Å². The fourth-order valence-corrected chi connectivity index (χ4v) is 4.22. The molecule has 1 saturated heterocycles. The molecule has 4 aromatic rings. The highest BCUT2D eigenvalue weighted by atomic mass is 35.5. The maximum Gasteiger partial charge on any atom is 0.220 e. The topological polar surface area (TPSA) is 126 Å². The van der Waals surface area contributed by atoms with Gasteiger partial charge in [0.25, 0.3) is 0 Å². The highest BCUT2D eigenvalue weighted by molar-refractivity contribution is 6.35. The summed E-state index contributed by atoms with van der Waals surface area (Å²) in [5.41, 5.74) is 9.65. The molecule has 2 aromatic carbocycles. The monoisotopic (exact) mass is 460 g/mol. The molecule has 2 aromatic heterocycles. The molecule has 1 fully saturated rings. The number of rotatable bonds is 5. The zero-order valence-electron chi connectivity index (χ0n) is 17.5. The number of pyridine rings is 1. The predicted octanol–water partition coefficient (Wildman–Crippen LogP) is 3.46. The molecule has 0 aliphatic carbocycles. The Morgan fingerprint density at radius 2 is 1.88 bits per heavy atom. The number of nitrogens with zero attached hydrogens (tertiary/aromatic N) is 3. The number of aliphatic hydroxyl groups excluding tert-OH is 1. The number of nitrogens with two attached hydrogens (primary N) is 1. The first-order chi connectivity index (χ1) is 16.0. The van der Waals surface area contributed by atoms with Crippen molar-refractivity contribution in [3.8, 4) is 22.5 Å². The third-order valence-corrected chi connectivity index (χ3v) is 5.93. The summed E-state index contributed by atoms with van der Waals surface area (Å²) in [6.45, 7) is 0.378. The normalized spacial score (nSPS) is 16.5. The van der Waals surface area contributed by atoms with E-state index in [9.17, 15) is 9.90 Å². The minimum atomic E-state index is -1.01. The Balaban J connectivity index is 1.63. The summed E-state index contributed by atoms with van der Waals surface area (Å²) < 4.78 is 0. The van der Waals surface area contributed by atoms with Gasteiger partial charge in [-0.25, -0.2) is 9.97 Å². The lowest BCUT2D eigenvalue weighted by molar-refractivity contribution is -0.119. The molecule has 5 N–H and O–H groups in total. The molecule has 9 heteroatoms. The zero-order valence-corrected chi connectivity index (χ0v) is 18.3. The number of aliphatic hydroxyl groups is 1. The second-order valence-electron chi connectivity index (χ2n) is 7.91. The van der Waals surface area contributed by atoms with Crippen LogP contribution in [0.5, 0.6) is 0 Å². The van der Waals surface area contributed by atoms with Crippen molar-refractivity contribution in [2.75, 3.05) is 17.6 Å². The zero-order chi connectivity index (χ0) is 22.9. The minimum absolute atomic E-state index is 0.0977. The van der Waals surface area contributed by atoms with Crippen LogP contribution >= 0.6 is 11.6 Å². The van der Waals surface area contributed by atoms with Crippen molar-refractivity contribution in [3.63, 3.8) is 0 Å². The van der Waals surface area contributed by atoms with Crippen LogP contribution in [0.4, 0.5) is 11.6 Å². The molecule has 2 unspecified atom stereocenters. The number of nitrogen functional groups attached to an aromatic ring is 1. The van der Waals surface area contributed by atoms with Crippen LogP contribution in [-0.2, 0) is 4.79 Å². The Bertz CT molecular complexity index is 1350. The fraction of sp³-hybridized carbons (Fsp3) is 0.167. The molecule has 0 saturated carbocycles. The van der Waals surface area contributed by atoms with Crippen LogP contribution in [0, 0.1) is 5.92 Å². The molecular formula is C24H21ClN6O2. The largest absolute Gasteiger partial charge is 0.381 e. The molecule has 166 valence electrons. The number of anilines is 2. The fourth-order valence-electron chi connectivity index (χ4n) is 3.95. The van der Waals surface area contributed by atoms with Crippen LogP contribution in [-0.4, -0.2) is 38.7 Å². The van der Waals surface area contributed by atoms with Crippen LogP contribution in [0.1, 0.15) is 6.42 Å². The number of aromatic nitrogens is 3. The highest BCUT2D eigenvalue weighted by Crippen LogP contribution is 2.36. The molecule has 0 spiro atoms. The van der Waals surface area contributed by atoms with Crippen LogP contribution in [0.3, 0.4) is 0 Å². The van der Waals surface area contributed by atoms with Crippen LogP contribution in [0.15, 0.2) is 60.8 Å². The Morgan fingerprint density at radius 1 is 1.09 bits per heavy atom.